The van der Waals surface area contributed by atoms with Crippen LogP contribution in [0.25, 0.3) is 0 Å². The highest BCUT2D eigenvalue weighted by atomic mass is 15.5. The molecule has 1 aliphatic rings. The third-order valence-corrected chi connectivity index (χ3v) is 3.55. The molecule has 0 aromatic rings. The molecular formula is C14H30N2. The van der Waals surface area contributed by atoms with Crippen LogP contribution in [0.2, 0.25) is 0 Å². The molecule has 96 valence electrons. The van der Waals surface area contributed by atoms with Crippen molar-refractivity contribution in [3.63, 3.8) is 0 Å². The molecule has 0 saturated heterocycles. The lowest BCUT2D eigenvalue weighted by atomic mass is 9.98. The van der Waals surface area contributed by atoms with Crippen molar-refractivity contribution >= 4 is 0 Å². The second-order valence-electron chi connectivity index (χ2n) is 5.48. The van der Waals surface area contributed by atoms with E-state index in [-0.39, 0.29) is 0 Å². The zero-order chi connectivity index (χ0) is 11.6. The summed E-state index contributed by atoms with van der Waals surface area (Å²) in [6.07, 6.45) is 15.7. The molecule has 0 amide bonds. The van der Waals surface area contributed by atoms with Gasteiger partial charge < -0.3 is 0 Å². The molecule has 0 heterocycles. The number of nitrogens with one attached hydrogen (secondary N) is 1. The van der Waals surface area contributed by atoms with Crippen molar-refractivity contribution in [3.05, 3.63) is 0 Å². The maximum atomic E-state index is 3.57. The fourth-order valence-electron chi connectivity index (χ4n) is 2.66. The standard InChI is InChI=1S/C14H30N2/c1-16(2)15-14-12-10-8-6-4-3-5-7-9-11-13-14/h14-15H,3-13H2,1-2H3. The smallest absolute Gasteiger partial charge is 0.0215 e. The van der Waals surface area contributed by atoms with E-state index in [4.69, 9.17) is 0 Å². The molecule has 2 heteroatoms. The van der Waals surface area contributed by atoms with Gasteiger partial charge >= 0.3 is 0 Å². The van der Waals surface area contributed by atoms with Gasteiger partial charge in [0.2, 0.25) is 0 Å². The van der Waals surface area contributed by atoms with Gasteiger partial charge in [-0.2, -0.15) is 0 Å². The first-order valence-electron chi connectivity index (χ1n) is 7.22. The molecule has 0 aromatic heterocycles. The van der Waals surface area contributed by atoms with Gasteiger partial charge in [0.25, 0.3) is 0 Å². The van der Waals surface area contributed by atoms with E-state index in [1.807, 2.05) is 0 Å². The second kappa shape index (κ2) is 9.00. The van der Waals surface area contributed by atoms with Gasteiger partial charge in [0.05, 0.1) is 0 Å². The largest absolute Gasteiger partial charge is 0.253 e. The van der Waals surface area contributed by atoms with Crippen molar-refractivity contribution in [3.8, 4) is 0 Å². The Bertz CT molecular complexity index is 145. The lowest BCUT2D eigenvalue weighted by Crippen LogP contribution is -2.39. The first kappa shape index (κ1) is 14.0. The van der Waals surface area contributed by atoms with E-state index in [1.54, 1.807) is 0 Å². The normalized spacial score (nSPS) is 22.7. The summed E-state index contributed by atoms with van der Waals surface area (Å²) in [7, 11) is 4.21. The molecule has 0 radical (unpaired) electrons. The quantitative estimate of drug-likeness (QED) is 0.722. The minimum atomic E-state index is 0.717. The molecule has 0 atom stereocenters. The highest BCUT2D eigenvalue weighted by molar-refractivity contribution is 4.66. The Morgan fingerprint density at radius 3 is 1.44 bits per heavy atom. The van der Waals surface area contributed by atoms with Gasteiger partial charge in [0.15, 0.2) is 0 Å². The summed E-state index contributed by atoms with van der Waals surface area (Å²) < 4.78 is 0. The molecule has 1 fully saturated rings. The first-order valence-corrected chi connectivity index (χ1v) is 7.22. The molecule has 0 spiro atoms. The van der Waals surface area contributed by atoms with Crippen LogP contribution in [0.15, 0.2) is 0 Å². The predicted molar refractivity (Wildman–Crippen MR) is 71.4 cm³/mol. The summed E-state index contributed by atoms with van der Waals surface area (Å²) in [5.74, 6) is 0. The van der Waals surface area contributed by atoms with Crippen LogP contribution in [-0.4, -0.2) is 25.1 Å². The van der Waals surface area contributed by atoms with Crippen LogP contribution in [0, 0.1) is 0 Å². The average molecular weight is 226 g/mol. The van der Waals surface area contributed by atoms with Gasteiger partial charge in [-0.3, -0.25) is 10.4 Å². The van der Waals surface area contributed by atoms with Crippen LogP contribution in [-0.2, 0) is 0 Å². The summed E-state index contributed by atoms with van der Waals surface area (Å²) in [6, 6.07) is 0.717. The molecule has 0 bridgehead atoms. The average Bonchev–Trinajstić information content (AvgIpc) is 2.21. The van der Waals surface area contributed by atoms with Crippen LogP contribution in [0.1, 0.15) is 70.6 Å². The van der Waals surface area contributed by atoms with Crippen molar-refractivity contribution in [2.24, 2.45) is 0 Å². The highest BCUT2D eigenvalue weighted by Crippen LogP contribution is 2.16. The molecule has 1 aliphatic carbocycles. The Hall–Kier alpha value is -0.0800. The van der Waals surface area contributed by atoms with Crippen molar-refractivity contribution in [2.75, 3.05) is 14.1 Å². The first-order chi connectivity index (χ1) is 7.79. The third-order valence-electron chi connectivity index (χ3n) is 3.55. The van der Waals surface area contributed by atoms with Crippen LogP contribution in [0.5, 0.6) is 0 Å². The van der Waals surface area contributed by atoms with Gasteiger partial charge in [-0.25, -0.2) is 0 Å². The lowest BCUT2D eigenvalue weighted by Gasteiger charge is -2.23. The molecule has 0 unspecified atom stereocenters. The summed E-state index contributed by atoms with van der Waals surface area (Å²) in [4.78, 5) is 0. The summed E-state index contributed by atoms with van der Waals surface area (Å²) >= 11 is 0. The van der Waals surface area contributed by atoms with Crippen LogP contribution in [0.4, 0.5) is 0 Å². The second-order valence-corrected chi connectivity index (χ2v) is 5.48. The van der Waals surface area contributed by atoms with E-state index >= 15 is 0 Å². The highest BCUT2D eigenvalue weighted by Gasteiger charge is 2.09. The van der Waals surface area contributed by atoms with E-state index in [2.05, 4.69) is 24.5 Å². The molecule has 16 heavy (non-hydrogen) atoms. The molecule has 0 aromatic carbocycles. The molecule has 2 nitrogen and oxygen atoms in total. The fraction of sp³-hybridized carbons (Fsp3) is 1.00. The number of hydrogen-bond donors (Lipinski definition) is 1. The van der Waals surface area contributed by atoms with Gasteiger partial charge in [-0.05, 0) is 12.8 Å². The molecule has 1 rings (SSSR count). The lowest BCUT2D eigenvalue weighted by molar-refractivity contribution is 0.219. The van der Waals surface area contributed by atoms with E-state index in [1.165, 1.54) is 70.6 Å². The zero-order valence-electron chi connectivity index (χ0n) is 11.3. The Kier molecular flexibility index (Phi) is 7.87. The Morgan fingerprint density at radius 1 is 0.688 bits per heavy atom. The number of nitrogens with zero attached hydrogens (tertiary/aromatic N) is 1. The van der Waals surface area contributed by atoms with Crippen molar-refractivity contribution in [1.29, 1.82) is 0 Å². The van der Waals surface area contributed by atoms with Crippen molar-refractivity contribution in [1.82, 2.24) is 10.4 Å². The Balaban J connectivity index is 2.24. The molecule has 1 saturated carbocycles. The predicted octanol–water partition coefficient (Wildman–Crippen LogP) is 3.73. The van der Waals surface area contributed by atoms with E-state index in [9.17, 15) is 0 Å². The zero-order valence-corrected chi connectivity index (χ0v) is 11.3. The summed E-state index contributed by atoms with van der Waals surface area (Å²) in [5.41, 5.74) is 3.57. The minimum absolute atomic E-state index is 0.717. The van der Waals surface area contributed by atoms with Crippen LogP contribution < -0.4 is 5.43 Å². The van der Waals surface area contributed by atoms with Crippen molar-refractivity contribution in [2.45, 2.75) is 76.7 Å². The SMILES string of the molecule is CN(C)NC1CCCCCCCCCCC1. The fourth-order valence-corrected chi connectivity index (χ4v) is 2.66. The monoisotopic (exact) mass is 226 g/mol. The van der Waals surface area contributed by atoms with Gasteiger partial charge in [-0.1, -0.05) is 57.8 Å². The van der Waals surface area contributed by atoms with E-state index in [0.717, 1.165) is 6.04 Å². The van der Waals surface area contributed by atoms with Crippen LogP contribution in [0.3, 0.4) is 0 Å². The van der Waals surface area contributed by atoms with Gasteiger partial charge in [0.1, 0.15) is 0 Å². The molecule has 0 aliphatic heterocycles. The molecule has 1 N–H and O–H groups in total. The van der Waals surface area contributed by atoms with Gasteiger partial charge in [0, 0.05) is 20.1 Å². The Morgan fingerprint density at radius 2 is 1.06 bits per heavy atom. The summed E-state index contributed by atoms with van der Waals surface area (Å²) in [6.45, 7) is 0. The topological polar surface area (TPSA) is 15.3 Å². The summed E-state index contributed by atoms with van der Waals surface area (Å²) in [5, 5.41) is 2.12. The minimum Gasteiger partial charge on any atom is -0.253 e. The maximum Gasteiger partial charge on any atom is 0.0215 e. The van der Waals surface area contributed by atoms with E-state index in [0.29, 0.717) is 0 Å². The number of hydrazine groups is 1. The van der Waals surface area contributed by atoms with Crippen LogP contribution >= 0.6 is 0 Å². The van der Waals surface area contributed by atoms with Gasteiger partial charge in [-0.15, -0.1) is 0 Å². The molecular weight excluding hydrogens is 196 g/mol. The number of rotatable bonds is 2. The Labute approximate surface area is 102 Å². The number of hydrogen-bond acceptors (Lipinski definition) is 2. The van der Waals surface area contributed by atoms with E-state index < -0.39 is 0 Å². The third kappa shape index (κ3) is 7.24. The van der Waals surface area contributed by atoms with Crippen molar-refractivity contribution < 1.29 is 0 Å². The maximum absolute atomic E-state index is 3.57.